The van der Waals surface area contributed by atoms with Crippen molar-refractivity contribution in [3.63, 3.8) is 0 Å². The number of carboxylic acid groups (broad SMARTS) is 1. The number of anilines is 1. The van der Waals surface area contributed by atoms with Crippen molar-refractivity contribution in [1.29, 1.82) is 0 Å². The molecule has 0 unspecified atom stereocenters. The molecule has 2 aliphatic heterocycles. The Hall–Kier alpha value is -2.44. The number of likely N-dealkylation sites (N-methyl/N-ethyl adjacent to an activating group) is 1. The zero-order valence-corrected chi connectivity index (χ0v) is 21.1. The molecule has 1 saturated carbocycles. The summed E-state index contributed by atoms with van der Waals surface area (Å²) < 4.78 is 0. The fourth-order valence-corrected chi connectivity index (χ4v) is 5.91. The van der Waals surface area contributed by atoms with E-state index in [4.69, 9.17) is 4.98 Å². The van der Waals surface area contributed by atoms with Crippen molar-refractivity contribution in [1.82, 2.24) is 14.8 Å². The Morgan fingerprint density at radius 3 is 2.86 bits per heavy atom. The molecular weight excluding hydrogens is 436 g/mol. The molecule has 0 amide bonds. The second kappa shape index (κ2) is 11.1. The van der Waals surface area contributed by atoms with E-state index < -0.39 is 12.0 Å². The number of hydrogen-bond acceptors (Lipinski definition) is 5. The highest BCUT2D eigenvalue weighted by atomic mass is 16.4. The van der Waals surface area contributed by atoms with Crippen molar-refractivity contribution in [2.45, 2.75) is 75.8 Å². The fourth-order valence-electron chi connectivity index (χ4n) is 5.91. The molecular formula is C29H40N4O2. The molecule has 3 heterocycles. The van der Waals surface area contributed by atoms with Crippen molar-refractivity contribution in [2.75, 3.05) is 38.5 Å². The van der Waals surface area contributed by atoms with Crippen LogP contribution in [0.3, 0.4) is 0 Å². The summed E-state index contributed by atoms with van der Waals surface area (Å²) in [4.78, 5) is 21.8. The maximum Gasteiger partial charge on any atom is 0.325 e. The first-order valence-corrected chi connectivity index (χ1v) is 13.6. The van der Waals surface area contributed by atoms with Gasteiger partial charge in [0.05, 0.1) is 0 Å². The number of aliphatic carboxylic acids is 1. The van der Waals surface area contributed by atoms with Crippen molar-refractivity contribution in [2.24, 2.45) is 0 Å². The molecule has 0 spiro atoms. The van der Waals surface area contributed by atoms with E-state index in [1.165, 1.54) is 48.9 Å². The number of rotatable bonds is 11. The minimum absolute atomic E-state index is 0.429. The third-order valence-corrected chi connectivity index (χ3v) is 8.12. The van der Waals surface area contributed by atoms with Crippen molar-refractivity contribution in [3.8, 4) is 0 Å². The van der Waals surface area contributed by atoms with E-state index in [9.17, 15) is 9.90 Å². The summed E-state index contributed by atoms with van der Waals surface area (Å²) in [5.41, 5.74) is 4.82. The summed E-state index contributed by atoms with van der Waals surface area (Å²) in [7, 11) is 2.21. The van der Waals surface area contributed by atoms with Gasteiger partial charge in [0.2, 0.25) is 0 Å². The molecule has 0 radical (unpaired) electrons. The normalized spacial score (nSPS) is 21.0. The lowest BCUT2D eigenvalue weighted by Crippen LogP contribution is -2.38. The Kier molecular flexibility index (Phi) is 7.69. The lowest BCUT2D eigenvalue weighted by molar-refractivity contribution is -0.143. The monoisotopic (exact) mass is 476 g/mol. The number of nitrogens with zero attached hydrogens (tertiary/aromatic N) is 3. The van der Waals surface area contributed by atoms with Gasteiger partial charge in [-0.05, 0) is 93.6 Å². The third-order valence-electron chi connectivity index (χ3n) is 8.12. The zero-order chi connectivity index (χ0) is 24.2. The largest absolute Gasteiger partial charge is 0.480 e. The standard InChI is InChI=1S/C29H40N4O2/c1-32(18-6-2-3-9-23-15-14-22-8-7-17-30-28(22)31-23)24-16-19-33(20-24)27(29(34)35)26-11-5-4-10-25(26)21-12-13-21/h4-5,10-11,14-15,21,24,27H,2-3,6-9,12-13,16-20H2,1H3,(H,30,31)(H,34,35)/t24-,27-/m1/s1. The summed E-state index contributed by atoms with van der Waals surface area (Å²) >= 11 is 0. The van der Waals surface area contributed by atoms with Crippen LogP contribution in [-0.2, 0) is 17.6 Å². The smallest absolute Gasteiger partial charge is 0.325 e. The molecule has 2 aromatic rings. The number of aromatic nitrogens is 1. The van der Waals surface area contributed by atoms with Gasteiger partial charge >= 0.3 is 5.97 Å². The first-order chi connectivity index (χ1) is 17.1. The van der Waals surface area contributed by atoms with Crippen LogP contribution in [0, 0.1) is 0 Å². The van der Waals surface area contributed by atoms with E-state index in [0.29, 0.717) is 12.0 Å². The van der Waals surface area contributed by atoms with Crippen LogP contribution in [0.5, 0.6) is 0 Å². The van der Waals surface area contributed by atoms with Gasteiger partial charge in [-0.15, -0.1) is 0 Å². The molecule has 1 aliphatic carbocycles. The van der Waals surface area contributed by atoms with E-state index in [-0.39, 0.29) is 0 Å². The van der Waals surface area contributed by atoms with Gasteiger partial charge in [0.1, 0.15) is 11.9 Å². The third kappa shape index (κ3) is 5.87. The quantitative estimate of drug-likeness (QED) is 0.452. The highest BCUT2D eigenvalue weighted by Gasteiger charge is 2.38. The molecule has 2 atom stereocenters. The van der Waals surface area contributed by atoms with Gasteiger partial charge in [-0.1, -0.05) is 36.8 Å². The molecule has 3 aliphatic rings. The van der Waals surface area contributed by atoms with Crippen LogP contribution >= 0.6 is 0 Å². The number of unbranched alkanes of at least 4 members (excludes halogenated alkanes) is 2. The lowest BCUT2D eigenvalue weighted by atomic mass is 9.96. The lowest BCUT2D eigenvalue weighted by Gasteiger charge is -2.28. The number of pyridine rings is 1. The topological polar surface area (TPSA) is 68.7 Å². The molecule has 6 nitrogen and oxygen atoms in total. The zero-order valence-electron chi connectivity index (χ0n) is 21.1. The molecule has 2 N–H and O–H groups in total. The van der Waals surface area contributed by atoms with E-state index in [1.807, 2.05) is 12.1 Å². The second-order valence-corrected chi connectivity index (χ2v) is 10.7. The molecule has 2 fully saturated rings. The number of carbonyl (C=O) groups is 1. The Labute approximate surface area is 209 Å². The van der Waals surface area contributed by atoms with Crippen LogP contribution in [0.15, 0.2) is 36.4 Å². The van der Waals surface area contributed by atoms with Crippen molar-refractivity contribution < 1.29 is 9.90 Å². The minimum atomic E-state index is -0.715. The van der Waals surface area contributed by atoms with Crippen LogP contribution < -0.4 is 5.32 Å². The molecule has 1 saturated heterocycles. The number of hydrogen-bond donors (Lipinski definition) is 2. The van der Waals surface area contributed by atoms with Crippen molar-refractivity contribution in [3.05, 3.63) is 58.8 Å². The SMILES string of the molecule is CN(CCCCCc1ccc2c(n1)NCCC2)[C@@H]1CCN([C@@H](C(=O)O)c2ccccc2C2CC2)C1. The Balaban J connectivity index is 1.08. The molecule has 0 bridgehead atoms. The Bertz CT molecular complexity index is 1020. The van der Waals surface area contributed by atoms with E-state index in [2.05, 4.69) is 46.4 Å². The first-order valence-electron chi connectivity index (χ1n) is 13.6. The summed E-state index contributed by atoms with van der Waals surface area (Å²) in [6.07, 6.45) is 10.3. The summed E-state index contributed by atoms with van der Waals surface area (Å²) in [6.45, 7) is 3.78. The van der Waals surface area contributed by atoms with Crippen molar-refractivity contribution >= 4 is 11.8 Å². The number of fused-ring (bicyclic) bond motifs is 1. The van der Waals surface area contributed by atoms with Gasteiger partial charge in [-0.3, -0.25) is 9.69 Å². The van der Waals surface area contributed by atoms with E-state index in [1.54, 1.807) is 0 Å². The average molecular weight is 477 g/mol. The van der Waals surface area contributed by atoms with Crippen LogP contribution in [0.4, 0.5) is 5.82 Å². The molecule has 1 aromatic heterocycles. The predicted molar refractivity (Wildman–Crippen MR) is 140 cm³/mol. The van der Waals surface area contributed by atoms with Crippen LogP contribution in [0.2, 0.25) is 0 Å². The van der Waals surface area contributed by atoms with Gasteiger partial charge in [-0.2, -0.15) is 0 Å². The second-order valence-electron chi connectivity index (χ2n) is 10.7. The van der Waals surface area contributed by atoms with Gasteiger partial charge in [-0.25, -0.2) is 4.98 Å². The summed E-state index contributed by atoms with van der Waals surface area (Å²) in [6, 6.07) is 12.6. The average Bonchev–Trinajstić information content (AvgIpc) is 3.61. The predicted octanol–water partition coefficient (Wildman–Crippen LogP) is 4.86. The number of carboxylic acids is 1. The number of likely N-dealkylation sites (tertiary alicyclic amines) is 1. The fraction of sp³-hybridized carbons (Fsp3) is 0.586. The molecule has 35 heavy (non-hydrogen) atoms. The highest BCUT2D eigenvalue weighted by molar-refractivity contribution is 5.76. The highest BCUT2D eigenvalue weighted by Crippen LogP contribution is 2.44. The molecule has 188 valence electrons. The van der Waals surface area contributed by atoms with Gasteiger partial charge < -0.3 is 15.3 Å². The number of aryl methyl sites for hydroxylation is 2. The molecule has 5 rings (SSSR count). The maximum absolute atomic E-state index is 12.3. The van der Waals surface area contributed by atoms with E-state index >= 15 is 0 Å². The first kappa shape index (κ1) is 24.3. The summed E-state index contributed by atoms with van der Waals surface area (Å²) in [5, 5.41) is 13.6. The molecule has 6 heteroatoms. The van der Waals surface area contributed by atoms with Crippen LogP contribution in [-0.4, -0.2) is 65.1 Å². The van der Waals surface area contributed by atoms with Crippen LogP contribution in [0.25, 0.3) is 0 Å². The van der Waals surface area contributed by atoms with E-state index in [0.717, 1.165) is 63.2 Å². The Morgan fingerprint density at radius 1 is 1.17 bits per heavy atom. The molecule has 1 aromatic carbocycles. The minimum Gasteiger partial charge on any atom is -0.480 e. The Morgan fingerprint density at radius 2 is 2.03 bits per heavy atom. The van der Waals surface area contributed by atoms with Crippen LogP contribution in [0.1, 0.15) is 79.3 Å². The summed E-state index contributed by atoms with van der Waals surface area (Å²) in [5.74, 6) is 0.938. The number of benzene rings is 1. The number of nitrogens with one attached hydrogen (secondary N) is 1. The van der Waals surface area contributed by atoms with Gasteiger partial charge in [0.25, 0.3) is 0 Å². The van der Waals surface area contributed by atoms with Gasteiger partial charge in [0.15, 0.2) is 0 Å². The van der Waals surface area contributed by atoms with Gasteiger partial charge in [0, 0.05) is 31.4 Å². The maximum atomic E-state index is 12.3.